The first-order valence-corrected chi connectivity index (χ1v) is 9.98. The van der Waals surface area contributed by atoms with Gasteiger partial charge in [-0.1, -0.05) is 50.1 Å². The molecular weight excluding hydrogens is 396 g/mol. The number of ether oxygens (including phenoxy) is 1. The molecule has 26 heavy (non-hydrogen) atoms. The van der Waals surface area contributed by atoms with Gasteiger partial charge in [0.25, 0.3) is 0 Å². The topological polar surface area (TPSA) is 63.6 Å². The lowest BCUT2D eigenvalue weighted by Crippen LogP contribution is -2.27. The summed E-state index contributed by atoms with van der Waals surface area (Å²) in [5.74, 6) is -0.415. The number of methoxy groups -OCH3 is 1. The molecule has 0 aliphatic heterocycles. The molecule has 0 heterocycles. The van der Waals surface area contributed by atoms with Crippen LogP contribution in [0.15, 0.2) is 46.5 Å². The molecule has 0 aromatic heterocycles. The van der Waals surface area contributed by atoms with Crippen LogP contribution in [-0.2, 0) is 14.3 Å². The first-order valence-electron chi connectivity index (χ1n) is 9.19. The molecule has 144 valence electrons. The van der Waals surface area contributed by atoms with Gasteiger partial charge in [0.2, 0.25) is 0 Å². The summed E-state index contributed by atoms with van der Waals surface area (Å²) in [7, 11) is 1.37. The predicted octanol–water partition coefficient (Wildman–Crippen LogP) is 4.93. The largest absolute Gasteiger partial charge is 0.469 e. The van der Waals surface area contributed by atoms with Gasteiger partial charge in [-0.3, -0.25) is 9.59 Å². The second-order valence-electron chi connectivity index (χ2n) is 6.39. The summed E-state index contributed by atoms with van der Waals surface area (Å²) in [6.07, 6.45) is 17.5. The van der Waals surface area contributed by atoms with E-state index in [2.05, 4.69) is 33.7 Å². The molecule has 1 N–H and O–H groups in total. The fraction of sp³-hybridized carbons (Fsp3) is 0.524. The second kappa shape index (κ2) is 12.0. The molecule has 0 aromatic rings. The van der Waals surface area contributed by atoms with E-state index in [1.807, 2.05) is 12.2 Å². The molecule has 0 amide bonds. The average Bonchev–Trinajstić information content (AvgIpc) is 2.83. The molecule has 1 unspecified atom stereocenters. The smallest absolute Gasteiger partial charge is 0.305 e. The van der Waals surface area contributed by atoms with Crippen molar-refractivity contribution in [2.45, 2.75) is 63.9 Å². The Hall–Kier alpha value is -1.46. The van der Waals surface area contributed by atoms with Crippen LogP contribution in [0.5, 0.6) is 0 Å². The number of hydrogen-bond acceptors (Lipinski definition) is 4. The summed E-state index contributed by atoms with van der Waals surface area (Å²) in [5.41, 5.74) is -0.903. The maximum absolute atomic E-state index is 12.3. The third-order valence-corrected chi connectivity index (χ3v) is 4.83. The quantitative estimate of drug-likeness (QED) is 0.221. The zero-order valence-corrected chi connectivity index (χ0v) is 17.3. The van der Waals surface area contributed by atoms with Crippen molar-refractivity contribution < 1.29 is 19.4 Å². The molecule has 1 atom stereocenters. The number of hydrogen-bond donors (Lipinski definition) is 1. The molecule has 0 saturated heterocycles. The molecule has 4 nitrogen and oxygen atoms in total. The lowest BCUT2D eigenvalue weighted by molar-refractivity contribution is -0.140. The van der Waals surface area contributed by atoms with E-state index in [0.29, 0.717) is 35.7 Å². The summed E-state index contributed by atoms with van der Waals surface area (Å²) in [6.45, 7) is 2.17. The Morgan fingerprint density at radius 3 is 2.65 bits per heavy atom. The summed E-state index contributed by atoms with van der Waals surface area (Å²) >= 11 is 3.23. The number of aliphatic hydroxyl groups is 1. The van der Waals surface area contributed by atoms with Gasteiger partial charge in [0.05, 0.1) is 11.6 Å². The molecule has 1 rings (SSSR count). The van der Waals surface area contributed by atoms with Crippen LogP contribution in [0.3, 0.4) is 0 Å². The van der Waals surface area contributed by atoms with Gasteiger partial charge in [-0.05, 0) is 47.7 Å². The highest BCUT2D eigenvalue weighted by molar-refractivity contribution is 9.12. The number of carbonyl (C=O) groups is 2. The highest BCUT2D eigenvalue weighted by atomic mass is 79.9. The van der Waals surface area contributed by atoms with Gasteiger partial charge in [0.15, 0.2) is 5.78 Å². The summed E-state index contributed by atoms with van der Waals surface area (Å²) in [5, 5.41) is 10.9. The third kappa shape index (κ3) is 7.42. The van der Waals surface area contributed by atoms with Crippen LogP contribution in [0, 0.1) is 0 Å². The molecule has 0 spiro atoms. The van der Waals surface area contributed by atoms with E-state index in [0.717, 1.165) is 12.8 Å². The number of allylic oxidation sites excluding steroid dienone is 5. The Morgan fingerprint density at radius 1 is 1.23 bits per heavy atom. The maximum Gasteiger partial charge on any atom is 0.305 e. The van der Waals surface area contributed by atoms with Crippen molar-refractivity contribution in [2.24, 2.45) is 0 Å². The predicted molar refractivity (Wildman–Crippen MR) is 108 cm³/mol. The van der Waals surface area contributed by atoms with Crippen molar-refractivity contribution in [3.05, 3.63) is 46.5 Å². The van der Waals surface area contributed by atoms with Crippen molar-refractivity contribution in [3.63, 3.8) is 0 Å². The Labute approximate surface area is 164 Å². The van der Waals surface area contributed by atoms with E-state index in [4.69, 9.17) is 0 Å². The lowest BCUT2D eigenvalue weighted by Gasteiger charge is -2.20. The van der Waals surface area contributed by atoms with Crippen molar-refractivity contribution in [3.8, 4) is 0 Å². The fourth-order valence-electron chi connectivity index (χ4n) is 2.69. The SMILES string of the molecule is CCCCC/C=C\CC1(O)C=C(Br)C(=O)/C1=C/C=C/CCCC(=O)OC. The molecule has 0 radical (unpaired) electrons. The molecule has 0 saturated carbocycles. The van der Waals surface area contributed by atoms with Crippen molar-refractivity contribution in [2.75, 3.05) is 7.11 Å². The van der Waals surface area contributed by atoms with Crippen LogP contribution in [-0.4, -0.2) is 29.6 Å². The van der Waals surface area contributed by atoms with Crippen LogP contribution in [0.4, 0.5) is 0 Å². The van der Waals surface area contributed by atoms with Crippen LogP contribution < -0.4 is 0 Å². The van der Waals surface area contributed by atoms with Crippen LogP contribution in [0.2, 0.25) is 0 Å². The van der Waals surface area contributed by atoms with E-state index >= 15 is 0 Å². The normalized spacial score (nSPS) is 21.9. The summed E-state index contributed by atoms with van der Waals surface area (Å²) in [6, 6.07) is 0. The maximum atomic E-state index is 12.3. The molecule has 1 aliphatic rings. The fourth-order valence-corrected chi connectivity index (χ4v) is 3.28. The Morgan fingerprint density at radius 2 is 1.96 bits per heavy atom. The average molecular weight is 425 g/mol. The van der Waals surface area contributed by atoms with Gasteiger partial charge in [-0.2, -0.15) is 0 Å². The Bertz CT molecular complexity index is 601. The zero-order chi connectivity index (χ0) is 19.4. The van der Waals surface area contributed by atoms with Gasteiger partial charge in [0.1, 0.15) is 5.60 Å². The lowest BCUT2D eigenvalue weighted by atomic mass is 9.92. The minimum atomic E-state index is -1.27. The van der Waals surface area contributed by atoms with E-state index in [1.54, 1.807) is 18.2 Å². The van der Waals surface area contributed by atoms with Crippen LogP contribution in [0.25, 0.3) is 0 Å². The van der Waals surface area contributed by atoms with E-state index in [1.165, 1.54) is 20.0 Å². The highest BCUT2D eigenvalue weighted by Crippen LogP contribution is 2.36. The Kier molecular flexibility index (Phi) is 10.4. The summed E-state index contributed by atoms with van der Waals surface area (Å²) in [4.78, 5) is 23.3. The monoisotopic (exact) mass is 424 g/mol. The standard InChI is InChI=1S/C21H29BrO4/c1-3-4-5-6-9-12-15-21(25)16-18(22)20(24)17(21)13-10-7-8-11-14-19(23)26-2/h7,9-10,12-13,16,25H,3-6,8,11,14-15H2,1-2H3/b10-7+,12-9-,17-13-. The van der Waals surface area contributed by atoms with Crippen molar-refractivity contribution in [1.29, 1.82) is 0 Å². The van der Waals surface area contributed by atoms with Gasteiger partial charge in [0, 0.05) is 18.4 Å². The van der Waals surface area contributed by atoms with Gasteiger partial charge in [-0.15, -0.1) is 0 Å². The minimum absolute atomic E-state index is 0.189. The minimum Gasteiger partial charge on any atom is -0.469 e. The first-order chi connectivity index (χ1) is 12.4. The number of ketones is 1. The molecular formula is C21H29BrO4. The Balaban J connectivity index is 2.62. The number of carbonyl (C=O) groups excluding carboxylic acids is 2. The first kappa shape index (κ1) is 22.6. The molecule has 0 fully saturated rings. The highest BCUT2D eigenvalue weighted by Gasteiger charge is 2.39. The van der Waals surface area contributed by atoms with Crippen molar-refractivity contribution in [1.82, 2.24) is 0 Å². The molecule has 5 heteroatoms. The second-order valence-corrected chi connectivity index (χ2v) is 7.25. The summed E-state index contributed by atoms with van der Waals surface area (Å²) < 4.78 is 4.98. The van der Waals surface area contributed by atoms with Crippen LogP contribution >= 0.6 is 15.9 Å². The zero-order valence-electron chi connectivity index (χ0n) is 15.7. The van der Waals surface area contributed by atoms with E-state index in [-0.39, 0.29) is 11.8 Å². The number of esters is 1. The van der Waals surface area contributed by atoms with Crippen LogP contribution in [0.1, 0.15) is 58.3 Å². The van der Waals surface area contributed by atoms with Gasteiger partial charge >= 0.3 is 5.97 Å². The van der Waals surface area contributed by atoms with Gasteiger partial charge < -0.3 is 9.84 Å². The number of Topliss-reactive ketones (excluding diaryl/α,β-unsaturated/α-hetero) is 1. The van der Waals surface area contributed by atoms with Gasteiger partial charge in [-0.25, -0.2) is 0 Å². The van der Waals surface area contributed by atoms with Crippen molar-refractivity contribution >= 4 is 27.7 Å². The number of halogens is 1. The van der Waals surface area contributed by atoms with E-state index in [9.17, 15) is 14.7 Å². The van der Waals surface area contributed by atoms with E-state index < -0.39 is 5.60 Å². The number of unbranched alkanes of at least 4 members (excludes halogenated alkanes) is 4. The molecule has 0 bridgehead atoms. The number of rotatable bonds is 11. The third-order valence-electron chi connectivity index (χ3n) is 4.24. The molecule has 0 aromatic carbocycles. The molecule has 1 aliphatic carbocycles.